The maximum Gasteiger partial charge on any atom is 0.340 e. The summed E-state index contributed by atoms with van der Waals surface area (Å²) in [7, 11) is -1.08. The number of amides is 1. The number of rotatable bonds is 6. The fraction of sp³-hybridized carbons (Fsp3) is 0.176. The molecule has 0 radical (unpaired) electrons. The second-order valence-electron chi connectivity index (χ2n) is 5.68. The highest BCUT2D eigenvalue weighted by Gasteiger charge is 2.22. The van der Waals surface area contributed by atoms with Crippen LogP contribution in [0.25, 0.3) is 0 Å². The van der Waals surface area contributed by atoms with Crippen LogP contribution < -0.4 is 5.32 Å². The van der Waals surface area contributed by atoms with Gasteiger partial charge in [-0.15, -0.1) is 0 Å². The highest BCUT2D eigenvalue weighted by molar-refractivity contribution is 7.89. The van der Waals surface area contributed by atoms with E-state index in [9.17, 15) is 18.0 Å². The van der Waals surface area contributed by atoms with E-state index in [1.807, 2.05) is 0 Å². The van der Waals surface area contributed by atoms with Crippen molar-refractivity contribution in [3.05, 3.63) is 57.0 Å². The maximum atomic E-state index is 12.3. The number of halogens is 3. The summed E-state index contributed by atoms with van der Waals surface area (Å²) in [6.45, 7) is -0.601. The summed E-state index contributed by atoms with van der Waals surface area (Å²) >= 11 is 17.6. The molecule has 0 aliphatic rings. The van der Waals surface area contributed by atoms with Crippen molar-refractivity contribution in [1.82, 2.24) is 4.31 Å². The van der Waals surface area contributed by atoms with Crippen molar-refractivity contribution in [2.24, 2.45) is 0 Å². The van der Waals surface area contributed by atoms with Crippen LogP contribution in [-0.2, 0) is 19.6 Å². The quantitative estimate of drug-likeness (QED) is 0.657. The number of benzene rings is 2. The third-order valence-electron chi connectivity index (χ3n) is 3.46. The Bertz CT molecular complexity index is 1030. The molecule has 0 spiro atoms. The van der Waals surface area contributed by atoms with Gasteiger partial charge in [0.25, 0.3) is 5.91 Å². The molecule has 0 heterocycles. The largest absolute Gasteiger partial charge is 0.452 e. The van der Waals surface area contributed by atoms with Crippen molar-refractivity contribution in [3.8, 4) is 0 Å². The van der Waals surface area contributed by atoms with Gasteiger partial charge >= 0.3 is 5.97 Å². The van der Waals surface area contributed by atoms with Crippen molar-refractivity contribution in [2.45, 2.75) is 4.90 Å². The molecule has 0 unspecified atom stereocenters. The first-order valence-corrected chi connectivity index (χ1v) is 10.2. The summed E-state index contributed by atoms with van der Waals surface area (Å²) in [5, 5.41) is 2.89. The van der Waals surface area contributed by atoms with E-state index in [1.54, 1.807) is 0 Å². The van der Waals surface area contributed by atoms with Gasteiger partial charge in [-0.05, 0) is 36.4 Å². The molecule has 0 aliphatic heterocycles. The summed E-state index contributed by atoms with van der Waals surface area (Å²) in [4.78, 5) is 23.9. The summed E-state index contributed by atoms with van der Waals surface area (Å²) in [6, 6.07) is 8.19. The SMILES string of the molecule is CN(C)S(=O)(=O)c1cc(NC(=O)COC(=O)c2ccc(Cl)cc2Cl)ccc1Cl. The van der Waals surface area contributed by atoms with Crippen molar-refractivity contribution >= 4 is 62.4 Å². The zero-order chi connectivity index (χ0) is 21.1. The van der Waals surface area contributed by atoms with Gasteiger partial charge in [-0.25, -0.2) is 17.5 Å². The minimum absolute atomic E-state index is 0.00973. The third-order valence-corrected chi connectivity index (χ3v) is 6.30. The number of carbonyl (C=O) groups is 2. The highest BCUT2D eigenvalue weighted by atomic mass is 35.5. The zero-order valence-corrected chi connectivity index (χ0v) is 17.8. The fourth-order valence-electron chi connectivity index (χ4n) is 2.04. The molecular formula is C17H15Cl3N2O5S. The van der Waals surface area contributed by atoms with Crippen LogP contribution in [0.4, 0.5) is 5.69 Å². The number of esters is 1. The van der Waals surface area contributed by atoms with E-state index in [4.69, 9.17) is 39.5 Å². The number of hydrogen-bond acceptors (Lipinski definition) is 5. The predicted molar refractivity (Wildman–Crippen MR) is 108 cm³/mol. The molecule has 7 nitrogen and oxygen atoms in total. The van der Waals surface area contributed by atoms with Gasteiger partial charge in [0.15, 0.2) is 6.61 Å². The standard InChI is InChI=1S/C17H15Cl3N2O5S/c1-22(2)28(25,26)15-8-11(4-6-13(15)19)21-16(23)9-27-17(24)12-5-3-10(18)7-14(12)20/h3-8H,9H2,1-2H3,(H,21,23). The fourth-order valence-corrected chi connectivity index (χ4v) is 3.92. The van der Waals surface area contributed by atoms with Crippen LogP contribution in [0.2, 0.25) is 15.1 Å². The number of nitrogens with one attached hydrogen (secondary N) is 1. The Morgan fingerprint density at radius 3 is 2.32 bits per heavy atom. The first-order chi connectivity index (χ1) is 13.0. The number of anilines is 1. The summed E-state index contributed by atoms with van der Waals surface area (Å²) in [5.41, 5.74) is 0.236. The lowest BCUT2D eigenvalue weighted by atomic mass is 10.2. The van der Waals surface area contributed by atoms with Crippen LogP contribution in [0.3, 0.4) is 0 Å². The number of hydrogen-bond donors (Lipinski definition) is 1. The Morgan fingerprint density at radius 2 is 1.71 bits per heavy atom. The van der Waals surface area contributed by atoms with Gasteiger partial charge in [0.2, 0.25) is 10.0 Å². The minimum atomic E-state index is -3.80. The molecule has 2 aromatic carbocycles. The van der Waals surface area contributed by atoms with Gasteiger partial charge in [0.1, 0.15) is 4.90 Å². The Balaban J connectivity index is 2.06. The molecule has 0 aromatic heterocycles. The lowest BCUT2D eigenvalue weighted by Crippen LogP contribution is -2.23. The average Bonchev–Trinajstić information content (AvgIpc) is 2.61. The van der Waals surface area contributed by atoms with Crippen LogP contribution in [0.1, 0.15) is 10.4 Å². The van der Waals surface area contributed by atoms with E-state index in [-0.39, 0.29) is 26.2 Å². The van der Waals surface area contributed by atoms with E-state index in [0.29, 0.717) is 5.02 Å². The summed E-state index contributed by atoms with van der Waals surface area (Å²) < 4.78 is 30.4. The normalized spacial score (nSPS) is 11.4. The number of ether oxygens (including phenoxy) is 1. The molecule has 0 saturated heterocycles. The molecule has 0 saturated carbocycles. The predicted octanol–water partition coefficient (Wildman–Crippen LogP) is 3.69. The van der Waals surface area contributed by atoms with Gasteiger partial charge in [-0.3, -0.25) is 4.79 Å². The average molecular weight is 466 g/mol. The van der Waals surface area contributed by atoms with Crippen molar-refractivity contribution in [1.29, 1.82) is 0 Å². The molecule has 1 amide bonds. The molecule has 150 valence electrons. The second-order valence-corrected chi connectivity index (χ2v) is 9.05. The monoisotopic (exact) mass is 464 g/mol. The zero-order valence-electron chi connectivity index (χ0n) is 14.7. The van der Waals surface area contributed by atoms with Crippen LogP contribution in [0.15, 0.2) is 41.3 Å². The minimum Gasteiger partial charge on any atom is -0.452 e. The van der Waals surface area contributed by atoms with Crippen molar-refractivity contribution in [2.75, 3.05) is 26.0 Å². The third kappa shape index (κ3) is 5.36. The second kappa shape index (κ2) is 9.11. The lowest BCUT2D eigenvalue weighted by molar-refractivity contribution is -0.119. The highest BCUT2D eigenvalue weighted by Crippen LogP contribution is 2.27. The summed E-state index contributed by atoms with van der Waals surface area (Å²) in [5.74, 6) is -1.47. The van der Waals surface area contributed by atoms with E-state index in [1.165, 1.54) is 50.5 Å². The number of carbonyl (C=O) groups excluding carboxylic acids is 2. The molecule has 11 heteroatoms. The van der Waals surface area contributed by atoms with E-state index < -0.39 is 28.5 Å². The van der Waals surface area contributed by atoms with Crippen LogP contribution >= 0.6 is 34.8 Å². The van der Waals surface area contributed by atoms with E-state index >= 15 is 0 Å². The Labute approximate surface area is 177 Å². The molecule has 0 fully saturated rings. The lowest BCUT2D eigenvalue weighted by Gasteiger charge is -2.14. The Hall–Kier alpha value is -1.84. The van der Waals surface area contributed by atoms with E-state index in [0.717, 1.165) is 4.31 Å². The smallest absolute Gasteiger partial charge is 0.340 e. The van der Waals surface area contributed by atoms with Gasteiger partial charge in [-0.1, -0.05) is 34.8 Å². The van der Waals surface area contributed by atoms with Gasteiger partial charge in [0, 0.05) is 24.8 Å². The topological polar surface area (TPSA) is 92.8 Å². The molecule has 1 N–H and O–H groups in total. The van der Waals surface area contributed by atoms with E-state index in [2.05, 4.69) is 5.32 Å². The molecule has 0 atom stereocenters. The van der Waals surface area contributed by atoms with Crippen molar-refractivity contribution < 1.29 is 22.7 Å². The molecule has 28 heavy (non-hydrogen) atoms. The molecular weight excluding hydrogens is 451 g/mol. The van der Waals surface area contributed by atoms with Crippen molar-refractivity contribution in [3.63, 3.8) is 0 Å². The van der Waals surface area contributed by atoms with Gasteiger partial charge < -0.3 is 10.1 Å². The Morgan fingerprint density at radius 1 is 1.04 bits per heavy atom. The molecule has 0 bridgehead atoms. The van der Waals surface area contributed by atoms with Gasteiger partial charge in [0.05, 0.1) is 15.6 Å². The number of nitrogens with zero attached hydrogens (tertiary/aromatic N) is 1. The maximum absolute atomic E-state index is 12.3. The van der Waals surface area contributed by atoms with Crippen LogP contribution in [0, 0.1) is 0 Å². The summed E-state index contributed by atoms with van der Waals surface area (Å²) in [6.07, 6.45) is 0. The Kier molecular flexibility index (Phi) is 7.30. The number of sulfonamides is 1. The first-order valence-electron chi connectivity index (χ1n) is 7.66. The van der Waals surface area contributed by atoms with Gasteiger partial charge in [-0.2, -0.15) is 0 Å². The molecule has 2 aromatic rings. The van der Waals surface area contributed by atoms with Crippen LogP contribution in [0.5, 0.6) is 0 Å². The van der Waals surface area contributed by atoms with Crippen LogP contribution in [-0.4, -0.2) is 45.3 Å². The molecule has 0 aliphatic carbocycles. The molecule has 2 rings (SSSR count). The first kappa shape index (κ1) is 22.4.